The third-order valence-electron chi connectivity index (χ3n) is 6.88. The molecule has 0 spiro atoms. The molecule has 6 nitrogen and oxygen atoms in total. The van der Waals surface area contributed by atoms with Crippen LogP contribution >= 0.6 is 0 Å². The Hall–Kier alpha value is -1.72. The highest BCUT2D eigenvalue weighted by Gasteiger charge is 2.51. The molecule has 0 radical (unpaired) electrons. The van der Waals surface area contributed by atoms with Crippen molar-refractivity contribution in [2.24, 2.45) is 41.4 Å². The Kier molecular flexibility index (Phi) is 3.73. The molecule has 4 aliphatic rings. The van der Waals surface area contributed by atoms with E-state index < -0.39 is 0 Å². The molecule has 0 bridgehead atoms. The van der Waals surface area contributed by atoms with E-state index in [2.05, 4.69) is 6.92 Å². The Morgan fingerprint density at radius 2 is 1.04 bits per heavy atom. The summed E-state index contributed by atoms with van der Waals surface area (Å²) in [5.74, 6) is -1.43. The van der Waals surface area contributed by atoms with Crippen LogP contribution in [0.4, 0.5) is 0 Å². The highest BCUT2D eigenvalue weighted by Crippen LogP contribution is 2.48. The molecule has 4 rings (SSSR count). The molecule has 6 heteroatoms. The van der Waals surface area contributed by atoms with Crippen molar-refractivity contribution in [3.63, 3.8) is 0 Å². The summed E-state index contributed by atoms with van der Waals surface area (Å²) in [6.07, 6.45) is 4.65. The van der Waals surface area contributed by atoms with Gasteiger partial charge in [0.05, 0.1) is 23.7 Å². The summed E-state index contributed by atoms with van der Waals surface area (Å²) in [7, 11) is 0. The van der Waals surface area contributed by atoms with Gasteiger partial charge in [0.15, 0.2) is 0 Å². The fourth-order valence-corrected chi connectivity index (χ4v) is 5.33. The predicted octanol–water partition coefficient (Wildman–Crippen LogP) is 1.85. The molecule has 2 saturated carbocycles. The Balaban J connectivity index is 1.42. The SMILES string of the molecule is CC(C1CCC2C(=O)OC(=O)C2C1)C1CCC2C(=O)OC(=O)C2C1. The highest BCUT2D eigenvalue weighted by molar-refractivity contribution is 5.97. The largest absolute Gasteiger partial charge is 0.393 e. The molecule has 0 aromatic rings. The normalized spacial score (nSPS) is 43.0. The summed E-state index contributed by atoms with van der Waals surface area (Å²) in [6, 6.07) is 0. The number of hydrogen-bond acceptors (Lipinski definition) is 6. The lowest BCUT2D eigenvalue weighted by Gasteiger charge is -2.39. The van der Waals surface area contributed by atoms with Gasteiger partial charge in [0.2, 0.25) is 0 Å². The summed E-state index contributed by atoms with van der Waals surface area (Å²) in [5, 5.41) is 0. The number of carbonyl (C=O) groups is 4. The summed E-state index contributed by atoms with van der Waals surface area (Å²) in [6.45, 7) is 2.18. The van der Waals surface area contributed by atoms with E-state index in [0.717, 1.165) is 12.8 Å². The Labute approximate surface area is 140 Å². The van der Waals surface area contributed by atoms with E-state index in [0.29, 0.717) is 43.4 Å². The minimum absolute atomic E-state index is 0.251. The second-order valence-electron chi connectivity index (χ2n) is 7.91. The number of ether oxygens (including phenoxy) is 2. The second-order valence-corrected chi connectivity index (χ2v) is 7.91. The maximum Gasteiger partial charge on any atom is 0.317 e. The standard InChI is InChI=1S/C18H22O6/c1-8(9-2-4-11-13(6-9)17(21)23-15(11)19)10-3-5-12-14(7-10)18(22)24-16(12)20/h8-14H,2-7H2,1H3. The molecule has 2 saturated heterocycles. The molecule has 24 heavy (non-hydrogen) atoms. The van der Waals surface area contributed by atoms with Gasteiger partial charge in [-0.25, -0.2) is 0 Å². The quantitative estimate of drug-likeness (QED) is 0.566. The smallest absolute Gasteiger partial charge is 0.317 e. The predicted molar refractivity (Wildman–Crippen MR) is 80.0 cm³/mol. The third-order valence-corrected chi connectivity index (χ3v) is 6.88. The average molecular weight is 334 g/mol. The molecule has 2 heterocycles. The fourth-order valence-electron chi connectivity index (χ4n) is 5.33. The Morgan fingerprint density at radius 3 is 1.46 bits per heavy atom. The summed E-state index contributed by atoms with van der Waals surface area (Å²) < 4.78 is 9.58. The van der Waals surface area contributed by atoms with Gasteiger partial charge in [-0.15, -0.1) is 0 Å². The van der Waals surface area contributed by atoms with E-state index in [1.54, 1.807) is 0 Å². The zero-order valence-corrected chi connectivity index (χ0v) is 13.7. The first-order chi connectivity index (χ1) is 11.5. The van der Waals surface area contributed by atoms with Gasteiger partial charge in [0, 0.05) is 0 Å². The summed E-state index contributed by atoms with van der Waals surface area (Å²) >= 11 is 0. The fraction of sp³-hybridized carbons (Fsp3) is 0.778. The van der Waals surface area contributed by atoms with Crippen molar-refractivity contribution in [2.45, 2.75) is 45.4 Å². The van der Waals surface area contributed by atoms with Crippen LogP contribution in [0.3, 0.4) is 0 Å². The lowest BCUT2D eigenvalue weighted by Crippen LogP contribution is -2.36. The Bertz CT molecular complexity index is 559. The van der Waals surface area contributed by atoms with Gasteiger partial charge in [0.25, 0.3) is 0 Å². The number of esters is 4. The second kappa shape index (κ2) is 5.67. The van der Waals surface area contributed by atoms with Crippen LogP contribution in [0, 0.1) is 41.4 Å². The first kappa shape index (κ1) is 15.8. The summed E-state index contributed by atoms with van der Waals surface area (Å²) in [4.78, 5) is 47.0. The van der Waals surface area contributed by atoms with Gasteiger partial charge in [-0.3, -0.25) is 19.2 Å². The van der Waals surface area contributed by atoms with Crippen LogP contribution in [-0.2, 0) is 28.7 Å². The lowest BCUT2D eigenvalue weighted by atomic mass is 9.63. The van der Waals surface area contributed by atoms with E-state index in [1.807, 2.05) is 0 Å². The van der Waals surface area contributed by atoms with E-state index in [1.165, 1.54) is 0 Å². The van der Waals surface area contributed by atoms with Crippen molar-refractivity contribution in [3.05, 3.63) is 0 Å². The molecule has 0 amide bonds. The first-order valence-corrected chi connectivity index (χ1v) is 8.96. The zero-order chi connectivity index (χ0) is 17.0. The lowest BCUT2D eigenvalue weighted by molar-refractivity contribution is -0.155. The monoisotopic (exact) mass is 334 g/mol. The van der Waals surface area contributed by atoms with Crippen molar-refractivity contribution < 1.29 is 28.7 Å². The maximum absolute atomic E-state index is 11.9. The molecular formula is C18H22O6. The van der Waals surface area contributed by atoms with Crippen molar-refractivity contribution in [2.75, 3.05) is 0 Å². The number of carbonyl (C=O) groups excluding carboxylic acids is 4. The number of cyclic esters (lactones) is 4. The molecule has 2 aliphatic carbocycles. The molecule has 2 aliphatic heterocycles. The third kappa shape index (κ3) is 2.38. The van der Waals surface area contributed by atoms with E-state index >= 15 is 0 Å². The van der Waals surface area contributed by atoms with Crippen molar-refractivity contribution in [1.29, 1.82) is 0 Å². The highest BCUT2D eigenvalue weighted by atomic mass is 16.6. The van der Waals surface area contributed by atoms with Crippen molar-refractivity contribution >= 4 is 23.9 Å². The van der Waals surface area contributed by atoms with E-state index in [4.69, 9.17) is 9.47 Å². The number of fused-ring (bicyclic) bond motifs is 2. The van der Waals surface area contributed by atoms with Crippen LogP contribution in [0.15, 0.2) is 0 Å². The Morgan fingerprint density at radius 1 is 0.667 bits per heavy atom. The van der Waals surface area contributed by atoms with Crippen molar-refractivity contribution in [3.8, 4) is 0 Å². The molecule has 6 unspecified atom stereocenters. The average Bonchev–Trinajstić information content (AvgIpc) is 3.02. The zero-order valence-electron chi connectivity index (χ0n) is 13.7. The topological polar surface area (TPSA) is 86.7 Å². The van der Waals surface area contributed by atoms with Gasteiger partial charge >= 0.3 is 23.9 Å². The molecule has 4 fully saturated rings. The van der Waals surface area contributed by atoms with Crippen LogP contribution in [0.2, 0.25) is 0 Å². The minimum atomic E-state index is -0.365. The first-order valence-electron chi connectivity index (χ1n) is 8.96. The van der Waals surface area contributed by atoms with Crippen LogP contribution in [0.25, 0.3) is 0 Å². The minimum Gasteiger partial charge on any atom is -0.393 e. The van der Waals surface area contributed by atoms with E-state index in [-0.39, 0.29) is 47.5 Å². The van der Waals surface area contributed by atoms with Crippen LogP contribution in [0.1, 0.15) is 45.4 Å². The van der Waals surface area contributed by atoms with Crippen molar-refractivity contribution in [1.82, 2.24) is 0 Å². The maximum atomic E-state index is 11.9. The van der Waals surface area contributed by atoms with E-state index in [9.17, 15) is 19.2 Å². The molecular weight excluding hydrogens is 312 g/mol. The van der Waals surface area contributed by atoms with Gasteiger partial charge in [-0.05, 0) is 56.3 Å². The molecule has 0 aromatic carbocycles. The molecule has 0 N–H and O–H groups in total. The van der Waals surface area contributed by atoms with Crippen LogP contribution in [-0.4, -0.2) is 23.9 Å². The van der Waals surface area contributed by atoms with Gasteiger partial charge < -0.3 is 9.47 Å². The van der Waals surface area contributed by atoms with Gasteiger partial charge in [0.1, 0.15) is 0 Å². The van der Waals surface area contributed by atoms with Gasteiger partial charge in [-0.2, -0.15) is 0 Å². The molecule has 6 atom stereocenters. The number of hydrogen-bond donors (Lipinski definition) is 0. The van der Waals surface area contributed by atoms with Crippen LogP contribution in [0.5, 0.6) is 0 Å². The molecule has 130 valence electrons. The summed E-state index contributed by atoms with van der Waals surface area (Å²) in [5.41, 5.74) is 0. The number of rotatable bonds is 2. The van der Waals surface area contributed by atoms with Gasteiger partial charge in [-0.1, -0.05) is 6.92 Å². The molecule has 0 aromatic heterocycles. The van der Waals surface area contributed by atoms with Crippen LogP contribution < -0.4 is 0 Å².